The Morgan fingerprint density at radius 2 is 2.00 bits per heavy atom. The lowest BCUT2D eigenvalue weighted by Gasteiger charge is -2.09. The van der Waals surface area contributed by atoms with Crippen molar-refractivity contribution in [1.29, 1.82) is 0 Å². The first-order valence-electron chi connectivity index (χ1n) is 5.86. The molecule has 0 spiro atoms. The van der Waals surface area contributed by atoms with Gasteiger partial charge in [0.05, 0.1) is 14.2 Å². The highest BCUT2D eigenvalue weighted by molar-refractivity contribution is 6.19. The van der Waals surface area contributed by atoms with Crippen LogP contribution in [-0.2, 0) is 14.3 Å². The zero-order valence-electron chi connectivity index (χ0n) is 11.4. The number of esters is 1. The van der Waals surface area contributed by atoms with E-state index in [1.807, 2.05) is 0 Å². The molecule has 0 saturated carbocycles. The molecule has 1 aliphatic heterocycles. The molecule has 20 heavy (non-hydrogen) atoms. The second kappa shape index (κ2) is 5.64. The summed E-state index contributed by atoms with van der Waals surface area (Å²) in [6, 6.07) is 3.37. The first kappa shape index (κ1) is 13.9. The predicted molar refractivity (Wildman–Crippen MR) is 69.8 cm³/mol. The minimum absolute atomic E-state index is 0.0651. The maximum atomic E-state index is 11.6. The molecular formula is C14H14O6. The predicted octanol–water partition coefficient (Wildman–Crippen LogP) is 1.57. The summed E-state index contributed by atoms with van der Waals surface area (Å²) in [5.74, 6) is 0.326. The summed E-state index contributed by atoms with van der Waals surface area (Å²) in [6.07, 6.45) is 1.41. The lowest BCUT2D eigenvalue weighted by molar-refractivity contribution is -0.137. The Hall–Kier alpha value is -2.50. The van der Waals surface area contributed by atoms with Gasteiger partial charge in [0.2, 0.25) is 12.5 Å². The fourth-order valence-corrected chi connectivity index (χ4v) is 1.86. The molecule has 0 N–H and O–H groups in total. The lowest BCUT2D eigenvalue weighted by atomic mass is 10.1. The average molecular weight is 278 g/mol. The molecule has 0 atom stereocenters. The zero-order chi connectivity index (χ0) is 14.7. The van der Waals surface area contributed by atoms with Gasteiger partial charge >= 0.3 is 5.97 Å². The number of Topliss-reactive ketones (excluding diaryl/α,β-unsaturated/α-hetero) is 1. The van der Waals surface area contributed by atoms with Gasteiger partial charge in [-0.15, -0.1) is 0 Å². The van der Waals surface area contributed by atoms with Crippen LogP contribution < -0.4 is 14.2 Å². The lowest BCUT2D eigenvalue weighted by Crippen LogP contribution is -2.11. The second-order valence-electron chi connectivity index (χ2n) is 4.03. The van der Waals surface area contributed by atoms with Crippen molar-refractivity contribution in [2.24, 2.45) is 0 Å². The van der Waals surface area contributed by atoms with E-state index >= 15 is 0 Å². The maximum Gasteiger partial charge on any atom is 0.341 e. The third-order valence-electron chi connectivity index (χ3n) is 2.81. The fraction of sp³-hybridized carbons (Fsp3) is 0.286. The summed E-state index contributed by atoms with van der Waals surface area (Å²) in [7, 11) is 2.69. The molecule has 0 radical (unpaired) electrons. The summed E-state index contributed by atoms with van der Waals surface area (Å²) in [5, 5.41) is 0. The molecule has 1 aromatic rings. The Kier molecular flexibility index (Phi) is 3.93. The highest BCUT2D eigenvalue weighted by atomic mass is 16.7. The van der Waals surface area contributed by atoms with Crippen molar-refractivity contribution in [3.05, 3.63) is 23.3 Å². The van der Waals surface area contributed by atoms with E-state index in [1.54, 1.807) is 12.1 Å². The molecule has 6 nitrogen and oxygen atoms in total. The molecule has 2 rings (SSSR count). The third kappa shape index (κ3) is 2.45. The van der Waals surface area contributed by atoms with Gasteiger partial charge in [0.1, 0.15) is 5.57 Å². The smallest absolute Gasteiger partial charge is 0.341 e. The zero-order valence-corrected chi connectivity index (χ0v) is 11.4. The Morgan fingerprint density at radius 3 is 2.60 bits per heavy atom. The number of methoxy groups -OCH3 is 2. The SMILES string of the molecule is COC(=O)C(=Cc1ccc2c(c1OC)OCO2)C(C)=O. The van der Waals surface area contributed by atoms with Crippen LogP contribution >= 0.6 is 0 Å². The topological polar surface area (TPSA) is 71.1 Å². The van der Waals surface area contributed by atoms with Crippen molar-refractivity contribution in [2.75, 3.05) is 21.0 Å². The van der Waals surface area contributed by atoms with E-state index in [4.69, 9.17) is 14.2 Å². The number of hydrogen-bond acceptors (Lipinski definition) is 6. The number of fused-ring (bicyclic) bond motifs is 1. The third-order valence-corrected chi connectivity index (χ3v) is 2.81. The average Bonchev–Trinajstić information content (AvgIpc) is 2.91. The summed E-state index contributed by atoms with van der Waals surface area (Å²) in [6.45, 7) is 1.40. The van der Waals surface area contributed by atoms with Gasteiger partial charge in [-0.2, -0.15) is 0 Å². The van der Waals surface area contributed by atoms with Crippen molar-refractivity contribution in [2.45, 2.75) is 6.92 Å². The van der Waals surface area contributed by atoms with Gasteiger partial charge in [0, 0.05) is 5.56 Å². The normalized spacial score (nSPS) is 13.1. The Balaban J connectivity index is 2.52. The molecule has 0 amide bonds. The summed E-state index contributed by atoms with van der Waals surface area (Å²) < 4.78 is 20.4. The van der Waals surface area contributed by atoms with E-state index in [9.17, 15) is 9.59 Å². The van der Waals surface area contributed by atoms with Gasteiger partial charge in [-0.3, -0.25) is 4.79 Å². The molecule has 6 heteroatoms. The molecule has 0 bridgehead atoms. The van der Waals surface area contributed by atoms with Crippen LogP contribution in [0.15, 0.2) is 17.7 Å². The monoisotopic (exact) mass is 278 g/mol. The molecule has 0 unspecified atom stereocenters. The molecule has 1 heterocycles. The van der Waals surface area contributed by atoms with Crippen LogP contribution in [-0.4, -0.2) is 32.8 Å². The molecule has 1 aliphatic rings. The van der Waals surface area contributed by atoms with Crippen LogP contribution in [0.25, 0.3) is 6.08 Å². The van der Waals surface area contributed by atoms with Crippen molar-refractivity contribution < 1.29 is 28.5 Å². The van der Waals surface area contributed by atoms with E-state index < -0.39 is 11.8 Å². The van der Waals surface area contributed by atoms with Gasteiger partial charge in [-0.25, -0.2) is 4.79 Å². The van der Waals surface area contributed by atoms with Crippen molar-refractivity contribution in [3.8, 4) is 17.2 Å². The molecule has 0 aromatic heterocycles. The van der Waals surface area contributed by atoms with E-state index in [2.05, 4.69) is 4.74 Å². The molecule has 106 valence electrons. The van der Waals surface area contributed by atoms with E-state index in [1.165, 1.54) is 27.2 Å². The van der Waals surface area contributed by atoms with Crippen LogP contribution in [0.2, 0.25) is 0 Å². The van der Waals surface area contributed by atoms with Crippen molar-refractivity contribution in [1.82, 2.24) is 0 Å². The van der Waals surface area contributed by atoms with Gasteiger partial charge in [0.25, 0.3) is 0 Å². The van der Waals surface area contributed by atoms with Crippen LogP contribution in [0, 0.1) is 0 Å². The standard InChI is InChI=1S/C14H14O6/c1-8(15)10(14(16)18-3)6-9-4-5-11-13(12(9)17-2)20-7-19-11/h4-6H,7H2,1-3H3. The molecule has 0 aliphatic carbocycles. The Morgan fingerprint density at radius 1 is 1.25 bits per heavy atom. The summed E-state index contributed by atoms with van der Waals surface area (Å²) in [5.41, 5.74) is 0.469. The van der Waals surface area contributed by atoms with Crippen LogP contribution in [0.4, 0.5) is 0 Å². The minimum Gasteiger partial charge on any atom is -0.492 e. The van der Waals surface area contributed by atoms with E-state index in [0.717, 1.165) is 0 Å². The number of carbonyl (C=O) groups is 2. The highest BCUT2D eigenvalue weighted by Gasteiger charge is 2.23. The maximum absolute atomic E-state index is 11.6. The van der Waals surface area contributed by atoms with Crippen molar-refractivity contribution >= 4 is 17.8 Å². The number of ketones is 1. The Bertz CT molecular complexity index is 588. The van der Waals surface area contributed by atoms with E-state index in [0.29, 0.717) is 22.8 Å². The number of hydrogen-bond donors (Lipinski definition) is 0. The first-order valence-corrected chi connectivity index (χ1v) is 5.86. The van der Waals surface area contributed by atoms with Crippen molar-refractivity contribution in [3.63, 3.8) is 0 Å². The second-order valence-corrected chi connectivity index (χ2v) is 4.03. The number of ether oxygens (including phenoxy) is 4. The largest absolute Gasteiger partial charge is 0.492 e. The quantitative estimate of drug-likeness (QED) is 0.360. The number of benzene rings is 1. The Labute approximate surface area is 115 Å². The van der Waals surface area contributed by atoms with Crippen LogP contribution in [0.5, 0.6) is 17.2 Å². The summed E-state index contributed by atoms with van der Waals surface area (Å²) in [4.78, 5) is 23.1. The first-order chi connectivity index (χ1) is 9.58. The van der Waals surface area contributed by atoms with Gasteiger partial charge < -0.3 is 18.9 Å². The molecule has 0 saturated heterocycles. The van der Waals surface area contributed by atoms with Crippen LogP contribution in [0.3, 0.4) is 0 Å². The summed E-state index contributed by atoms with van der Waals surface area (Å²) >= 11 is 0. The van der Waals surface area contributed by atoms with E-state index in [-0.39, 0.29) is 12.4 Å². The minimum atomic E-state index is -0.697. The molecular weight excluding hydrogens is 264 g/mol. The number of rotatable bonds is 4. The van der Waals surface area contributed by atoms with Crippen LogP contribution in [0.1, 0.15) is 12.5 Å². The van der Waals surface area contributed by atoms with Gasteiger partial charge in [-0.1, -0.05) is 0 Å². The van der Waals surface area contributed by atoms with Gasteiger partial charge in [-0.05, 0) is 25.1 Å². The van der Waals surface area contributed by atoms with Gasteiger partial charge in [0.15, 0.2) is 17.3 Å². The fourth-order valence-electron chi connectivity index (χ4n) is 1.86. The molecule has 0 fully saturated rings. The molecule has 1 aromatic carbocycles. The number of carbonyl (C=O) groups excluding carboxylic acids is 2. The highest BCUT2D eigenvalue weighted by Crippen LogP contribution is 2.43.